The van der Waals surface area contributed by atoms with Crippen molar-refractivity contribution in [2.75, 3.05) is 0 Å². The first-order valence-electron chi connectivity index (χ1n) is 9.89. The van der Waals surface area contributed by atoms with Crippen molar-refractivity contribution in [1.82, 2.24) is 0 Å². The molecule has 0 aromatic rings. The number of Topliss-reactive ketones (excluding diaryl/α,β-unsaturated/α-hetero) is 1. The molecule has 26 heavy (non-hydrogen) atoms. The third-order valence-corrected chi connectivity index (χ3v) is 5.10. The Balaban J connectivity index is 2.51. The van der Waals surface area contributed by atoms with E-state index in [1.54, 1.807) is 0 Å². The molecule has 1 rings (SSSR count). The molecule has 3 atom stereocenters. The molecule has 1 aliphatic rings. The molecule has 0 unspecified atom stereocenters. The van der Waals surface area contributed by atoms with Crippen LogP contribution in [-0.4, -0.2) is 33.4 Å². The molecule has 0 radical (unpaired) electrons. The number of hydrogen-bond acceptors (Lipinski definition) is 4. The van der Waals surface area contributed by atoms with Crippen LogP contribution in [0.15, 0.2) is 24.3 Å². The van der Waals surface area contributed by atoms with Crippen molar-refractivity contribution in [1.29, 1.82) is 0 Å². The topological polar surface area (TPSA) is 94.8 Å². The van der Waals surface area contributed by atoms with Crippen LogP contribution in [0, 0.1) is 17.8 Å². The number of aliphatic hydroxyl groups excluding tert-OH is 1. The van der Waals surface area contributed by atoms with Crippen molar-refractivity contribution >= 4 is 11.8 Å². The van der Waals surface area contributed by atoms with Gasteiger partial charge in [-0.3, -0.25) is 9.59 Å². The predicted molar refractivity (Wildman–Crippen MR) is 101 cm³/mol. The Morgan fingerprint density at radius 1 is 1.23 bits per heavy atom. The van der Waals surface area contributed by atoms with Gasteiger partial charge < -0.3 is 15.3 Å². The Hall–Kier alpha value is -1.46. The van der Waals surface area contributed by atoms with Gasteiger partial charge in [0.05, 0.1) is 0 Å². The maximum Gasteiger partial charge on any atom is 0.303 e. The first kappa shape index (κ1) is 22.6. The SMILES string of the molecule is CCCCC[C@@H](C=C[C@H]1CCC(=O)[C@@H]1CC=CCCCC(=O)O)C(O)O. The summed E-state index contributed by atoms with van der Waals surface area (Å²) in [6.07, 6.45) is 13.9. The van der Waals surface area contributed by atoms with E-state index in [4.69, 9.17) is 5.11 Å². The van der Waals surface area contributed by atoms with Crippen LogP contribution >= 0.6 is 0 Å². The summed E-state index contributed by atoms with van der Waals surface area (Å²) in [5.41, 5.74) is 0. The molecule has 1 fully saturated rings. The minimum absolute atomic E-state index is 0.0471. The average Bonchev–Trinajstić information content (AvgIpc) is 2.93. The van der Waals surface area contributed by atoms with Crippen LogP contribution in [0.1, 0.15) is 71.1 Å². The lowest BCUT2D eigenvalue weighted by Gasteiger charge is -2.17. The second-order valence-corrected chi connectivity index (χ2v) is 7.23. The molecular formula is C21H34O5. The van der Waals surface area contributed by atoms with Crippen LogP contribution in [0.25, 0.3) is 0 Å². The fourth-order valence-corrected chi connectivity index (χ4v) is 3.46. The van der Waals surface area contributed by atoms with Crippen molar-refractivity contribution < 1.29 is 24.9 Å². The third kappa shape index (κ3) is 8.77. The van der Waals surface area contributed by atoms with Gasteiger partial charge in [-0.2, -0.15) is 0 Å². The van der Waals surface area contributed by atoms with E-state index in [1.165, 1.54) is 0 Å². The number of rotatable bonds is 13. The smallest absolute Gasteiger partial charge is 0.303 e. The molecule has 0 aromatic carbocycles. The van der Waals surface area contributed by atoms with E-state index < -0.39 is 12.3 Å². The number of aliphatic carboxylic acids is 1. The van der Waals surface area contributed by atoms with Crippen molar-refractivity contribution in [2.45, 2.75) is 77.4 Å². The number of unbranched alkanes of at least 4 members (excludes halogenated alkanes) is 3. The molecule has 0 bridgehead atoms. The number of carbonyl (C=O) groups excluding carboxylic acids is 1. The minimum atomic E-state index is -1.35. The molecule has 1 aliphatic carbocycles. The van der Waals surface area contributed by atoms with Gasteiger partial charge in [-0.15, -0.1) is 0 Å². The van der Waals surface area contributed by atoms with Gasteiger partial charge in [-0.25, -0.2) is 0 Å². The van der Waals surface area contributed by atoms with E-state index in [9.17, 15) is 19.8 Å². The van der Waals surface area contributed by atoms with Gasteiger partial charge in [0.15, 0.2) is 6.29 Å². The number of allylic oxidation sites excluding steroid dienone is 3. The molecule has 0 aromatic heterocycles. The molecule has 1 saturated carbocycles. The lowest BCUT2D eigenvalue weighted by molar-refractivity contribution is -0.137. The Kier molecular flexibility index (Phi) is 11.1. The number of ketones is 1. The Bertz CT molecular complexity index is 481. The maximum atomic E-state index is 12.1. The summed E-state index contributed by atoms with van der Waals surface area (Å²) in [5.74, 6) is -0.687. The van der Waals surface area contributed by atoms with Crippen molar-refractivity contribution in [2.24, 2.45) is 17.8 Å². The standard InChI is InChI=1S/C21H34O5/c1-2-3-6-9-17(21(25)26)13-12-16-14-15-19(22)18(16)10-7-4-5-8-11-20(23)24/h4,7,12-13,16-18,21,25-26H,2-3,5-6,8-11,14-15H2,1H3,(H,23,24)/t16-,17-,18+/m0/s1. The maximum absolute atomic E-state index is 12.1. The van der Waals surface area contributed by atoms with E-state index in [0.717, 1.165) is 32.1 Å². The predicted octanol–water partition coefficient (Wildman–Crippen LogP) is 3.85. The molecular weight excluding hydrogens is 332 g/mol. The van der Waals surface area contributed by atoms with E-state index in [0.29, 0.717) is 25.7 Å². The Labute approximate surface area is 156 Å². The first-order chi connectivity index (χ1) is 12.5. The number of carboxylic acids is 1. The highest BCUT2D eigenvalue weighted by atomic mass is 16.5. The molecule has 0 saturated heterocycles. The van der Waals surface area contributed by atoms with E-state index in [2.05, 4.69) is 6.92 Å². The number of carboxylic acid groups (broad SMARTS) is 1. The summed E-state index contributed by atoms with van der Waals surface area (Å²) in [6, 6.07) is 0. The number of aliphatic hydroxyl groups is 2. The third-order valence-electron chi connectivity index (χ3n) is 5.10. The summed E-state index contributed by atoms with van der Waals surface area (Å²) < 4.78 is 0. The molecule has 5 heteroatoms. The zero-order valence-electron chi connectivity index (χ0n) is 15.8. The average molecular weight is 366 g/mol. The highest BCUT2D eigenvalue weighted by Crippen LogP contribution is 2.33. The molecule has 0 amide bonds. The van der Waals surface area contributed by atoms with E-state index in [1.807, 2.05) is 24.3 Å². The number of carbonyl (C=O) groups is 2. The van der Waals surface area contributed by atoms with E-state index in [-0.39, 0.29) is 30.0 Å². The lowest BCUT2D eigenvalue weighted by Crippen LogP contribution is -2.18. The summed E-state index contributed by atoms with van der Waals surface area (Å²) >= 11 is 0. The van der Waals surface area contributed by atoms with Crippen molar-refractivity contribution in [3.05, 3.63) is 24.3 Å². The van der Waals surface area contributed by atoms with Gasteiger partial charge in [0.25, 0.3) is 0 Å². The number of hydrogen-bond donors (Lipinski definition) is 3. The fraction of sp³-hybridized carbons (Fsp3) is 0.714. The quantitative estimate of drug-likeness (QED) is 0.261. The summed E-state index contributed by atoms with van der Waals surface area (Å²) in [5, 5.41) is 27.7. The summed E-state index contributed by atoms with van der Waals surface area (Å²) in [4.78, 5) is 22.6. The highest BCUT2D eigenvalue weighted by molar-refractivity contribution is 5.83. The first-order valence-corrected chi connectivity index (χ1v) is 9.89. The summed E-state index contributed by atoms with van der Waals surface area (Å²) in [7, 11) is 0. The van der Waals surface area contributed by atoms with Crippen LogP contribution in [-0.2, 0) is 9.59 Å². The van der Waals surface area contributed by atoms with Crippen LogP contribution in [0.2, 0.25) is 0 Å². The molecule has 3 N–H and O–H groups in total. The second-order valence-electron chi connectivity index (χ2n) is 7.23. The van der Waals surface area contributed by atoms with Gasteiger partial charge in [-0.05, 0) is 38.0 Å². The molecule has 148 valence electrons. The van der Waals surface area contributed by atoms with Crippen LogP contribution in [0.4, 0.5) is 0 Å². The largest absolute Gasteiger partial charge is 0.481 e. The zero-order valence-corrected chi connectivity index (χ0v) is 15.8. The van der Waals surface area contributed by atoms with Gasteiger partial charge in [0, 0.05) is 24.7 Å². The molecule has 0 aliphatic heterocycles. The van der Waals surface area contributed by atoms with Gasteiger partial charge in [0.2, 0.25) is 0 Å². The van der Waals surface area contributed by atoms with Crippen LogP contribution in [0.3, 0.4) is 0 Å². The molecule has 0 spiro atoms. The monoisotopic (exact) mass is 366 g/mol. The highest BCUT2D eigenvalue weighted by Gasteiger charge is 2.32. The lowest BCUT2D eigenvalue weighted by atomic mass is 9.89. The normalized spacial score (nSPS) is 22.1. The van der Waals surface area contributed by atoms with Crippen LogP contribution in [0.5, 0.6) is 0 Å². The van der Waals surface area contributed by atoms with Gasteiger partial charge in [0.1, 0.15) is 5.78 Å². The van der Waals surface area contributed by atoms with Gasteiger partial charge >= 0.3 is 5.97 Å². The van der Waals surface area contributed by atoms with Crippen molar-refractivity contribution in [3.63, 3.8) is 0 Å². The minimum Gasteiger partial charge on any atom is -0.481 e. The van der Waals surface area contributed by atoms with E-state index >= 15 is 0 Å². The molecule has 0 heterocycles. The fourth-order valence-electron chi connectivity index (χ4n) is 3.46. The summed E-state index contributed by atoms with van der Waals surface area (Å²) in [6.45, 7) is 2.12. The zero-order chi connectivity index (χ0) is 19.4. The van der Waals surface area contributed by atoms with Gasteiger partial charge in [-0.1, -0.05) is 50.5 Å². The molecule has 5 nitrogen and oxygen atoms in total. The Morgan fingerprint density at radius 2 is 2.00 bits per heavy atom. The van der Waals surface area contributed by atoms with Crippen molar-refractivity contribution in [3.8, 4) is 0 Å². The van der Waals surface area contributed by atoms with Crippen LogP contribution < -0.4 is 0 Å². The second kappa shape index (κ2) is 12.8. The Morgan fingerprint density at radius 3 is 2.65 bits per heavy atom.